The summed E-state index contributed by atoms with van der Waals surface area (Å²) in [5.74, 6) is 0.270. The van der Waals surface area contributed by atoms with Crippen molar-refractivity contribution in [2.75, 3.05) is 24.2 Å². The molecule has 0 amide bonds. The van der Waals surface area contributed by atoms with E-state index in [4.69, 9.17) is 4.42 Å². The summed E-state index contributed by atoms with van der Waals surface area (Å²) in [6.07, 6.45) is 3.21. The standard InChI is InChI=1S/C16H23N3O3S/c1-4-5-12-9-19(10-14(12)18-23(3,20)21)16-17-13-8-11(2)6-7-15(13)22-16/h6-8,12,14,18H,4-5,9-10H2,1-3H3. The van der Waals surface area contributed by atoms with Gasteiger partial charge in [0, 0.05) is 19.1 Å². The number of sulfonamides is 1. The molecule has 0 spiro atoms. The molecule has 1 saturated heterocycles. The number of rotatable bonds is 5. The molecule has 7 heteroatoms. The van der Waals surface area contributed by atoms with Crippen LogP contribution in [0.1, 0.15) is 25.3 Å². The smallest absolute Gasteiger partial charge is 0.298 e. The second kappa shape index (κ2) is 6.13. The van der Waals surface area contributed by atoms with Crippen LogP contribution in [0.15, 0.2) is 22.6 Å². The maximum Gasteiger partial charge on any atom is 0.298 e. The van der Waals surface area contributed by atoms with E-state index < -0.39 is 10.0 Å². The fraction of sp³-hybridized carbons (Fsp3) is 0.562. The van der Waals surface area contributed by atoms with Crippen molar-refractivity contribution in [3.8, 4) is 0 Å². The highest BCUT2D eigenvalue weighted by molar-refractivity contribution is 7.88. The monoisotopic (exact) mass is 337 g/mol. The highest BCUT2D eigenvalue weighted by Crippen LogP contribution is 2.29. The first-order chi connectivity index (χ1) is 10.9. The Morgan fingerprint density at radius 1 is 1.39 bits per heavy atom. The summed E-state index contributed by atoms with van der Waals surface area (Å²) >= 11 is 0. The van der Waals surface area contributed by atoms with E-state index >= 15 is 0 Å². The third kappa shape index (κ3) is 3.67. The first-order valence-corrected chi connectivity index (χ1v) is 9.84. The molecule has 0 radical (unpaired) electrons. The Morgan fingerprint density at radius 3 is 2.87 bits per heavy atom. The predicted molar refractivity (Wildman–Crippen MR) is 91.1 cm³/mol. The van der Waals surface area contributed by atoms with Crippen molar-refractivity contribution in [1.82, 2.24) is 9.71 Å². The average Bonchev–Trinajstić information content (AvgIpc) is 3.01. The van der Waals surface area contributed by atoms with Crippen molar-refractivity contribution < 1.29 is 12.8 Å². The first-order valence-electron chi connectivity index (χ1n) is 7.95. The quantitative estimate of drug-likeness (QED) is 0.906. The van der Waals surface area contributed by atoms with E-state index in [2.05, 4.69) is 16.6 Å². The van der Waals surface area contributed by atoms with Crippen LogP contribution < -0.4 is 9.62 Å². The molecule has 1 aliphatic rings. The van der Waals surface area contributed by atoms with Crippen LogP contribution in [0.4, 0.5) is 6.01 Å². The molecule has 1 aromatic carbocycles. The molecule has 3 rings (SSSR count). The van der Waals surface area contributed by atoms with Crippen LogP contribution in [0.5, 0.6) is 0 Å². The van der Waals surface area contributed by atoms with Crippen molar-refractivity contribution in [3.05, 3.63) is 23.8 Å². The Bertz CT molecular complexity index is 800. The van der Waals surface area contributed by atoms with Gasteiger partial charge in [-0.2, -0.15) is 4.98 Å². The van der Waals surface area contributed by atoms with Gasteiger partial charge in [0.25, 0.3) is 6.01 Å². The molecule has 0 aliphatic carbocycles. The van der Waals surface area contributed by atoms with Crippen LogP contribution in [-0.2, 0) is 10.0 Å². The summed E-state index contributed by atoms with van der Waals surface area (Å²) < 4.78 is 31.8. The molecule has 2 atom stereocenters. The summed E-state index contributed by atoms with van der Waals surface area (Å²) in [7, 11) is -3.22. The first kappa shape index (κ1) is 16.3. The lowest BCUT2D eigenvalue weighted by Gasteiger charge is -2.17. The molecule has 23 heavy (non-hydrogen) atoms. The Balaban J connectivity index is 1.84. The van der Waals surface area contributed by atoms with Crippen LogP contribution in [0, 0.1) is 12.8 Å². The zero-order valence-electron chi connectivity index (χ0n) is 13.7. The van der Waals surface area contributed by atoms with Crippen molar-refractivity contribution in [2.45, 2.75) is 32.7 Å². The fourth-order valence-electron chi connectivity index (χ4n) is 3.26. The molecule has 1 aliphatic heterocycles. The molecule has 2 aromatic rings. The summed E-state index contributed by atoms with van der Waals surface area (Å²) in [5.41, 5.74) is 2.74. The lowest BCUT2D eigenvalue weighted by molar-refractivity contribution is 0.441. The molecule has 0 saturated carbocycles. The van der Waals surface area contributed by atoms with Crippen molar-refractivity contribution in [2.24, 2.45) is 5.92 Å². The third-order valence-electron chi connectivity index (χ3n) is 4.27. The van der Waals surface area contributed by atoms with Gasteiger partial charge in [0.05, 0.1) is 6.26 Å². The molecule has 2 unspecified atom stereocenters. The van der Waals surface area contributed by atoms with Gasteiger partial charge in [-0.15, -0.1) is 0 Å². The normalized spacial score (nSPS) is 22.1. The molecule has 1 aromatic heterocycles. The number of nitrogens with one attached hydrogen (secondary N) is 1. The van der Waals surface area contributed by atoms with Gasteiger partial charge in [-0.1, -0.05) is 19.4 Å². The minimum absolute atomic E-state index is 0.0956. The summed E-state index contributed by atoms with van der Waals surface area (Å²) in [5, 5.41) is 0. The summed E-state index contributed by atoms with van der Waals surface area (Å²) in [4.78, 5) is 6.60. The number of hydrogen-bond acceptors (Lipinski definition) is 5. The van der Waals surface area contributed by atoms with Crippen LogP contribution in [0.2, 0.25) is 0 Å². The van der Waals surface area contributed by atoms with E-state index in [0.29, 0.717) is 12.6 Å². The molecule has 1 fully saturated rings. The molecule has 6 nitrogen and oxygen atoms in total. The number of hydrogen-bond donors (Lipinski definition) is 1. The average molecular weight is 337 g/mol. The van der Waals surface area contributed by atoms with Gasteiger partial charge < -0.3 is 9.32 Å². The lowest BCUT2D eigenvalue weighted by Crippen LogP contribution is -2.39. The van der Waals surface area contributed by atoms with Gasteiger partial charge in [-0.05, 0) is 37.0 Å². The van der Waals surface area contributed by atoms with Gasteiger partial charge in [0.1, 0.15) is 5.52 Å². The van der Waals surface area contributed by atoms with E-state index in [1.165, 1.54) is 6.26 Å². The van der Waals surface area contributed by atoms with E-state index in [1.807, 2.05) is 30.0 Å². The maximum atomic E-state index is 11.6. The van der Waals surface area contributed by atoms with E-state index in [9.17, 15) is 8.42 Å². The Hall–Kier alpha value is -1.60. The zero-order chi connectivity index (χ0) is 16.6. The molecule has 126 valence electrons. The predicted octanol–water partition coefficient (Wildman–Crippen LogP) is 2.29. The van der Waals surface area contributed by atoms with Crippen molar-refractivity contribution in [1.29, 1.82) is 0 Å². The summed E-state index contributed by atoms with van der Waals surface area (Å²) in [6.45, 7) is 5.48. The molecule has 2 heterocycles. The van der Waals surface area contributed by atoms with Crippen LogP contribution in [0.25, 0.3) is 11.1 Å². The summed E-state index contributed by atoms with van der Waals surface area (Å²) in [6, 6.07) is 6.39. The number of aryl methyl sites for hydroxylation is 1. The molecular weight excluding hydrogens is 314 g/mol. The van der Waals surface area contributed by atoms with Gasteiger partial charge in [-0.3, -0.25) is 0 Å². The lowest BCUT2D eigenvalue weighted by atomic mass is 9.99. The van der Waals surface area contributed by atoms with E-state index in [1.54, 1.807) is 0 Å². The van der Waals surface area contributed by atoms with Crippen LogP contribution in [0.3, 0.4) is 0 Å². The third-order valence-corrected chi connectivity index (χ3v) is 5.00. The second-order valence-corrected chi connectivity index (χ2v) is 8.20. The maximum absolute atomic E-state index is 11.6. The highest BCUT2D eigenvalue weighted by Gasteiger charge is 2.35. The van der Waals surface area contributed by atoms with Gasteiger partial charge in [0.2, 0.25) is 10.0 Å². The minimum Gasteiger partial charge on any atom is -0.423 e. The number of anilines is 1. The van der Waals surface area contributed by atoms with Gasteiger partial charge >= 0.3 is 0 Å². The number of oxazole rings is 1. The van der Waals surface area contributed by atoms with Crippen molar-refractivity contribution >= 4 is 27.1 Å². The molecule has 1 N–H and O–H groups in total. The van der Waals surface area contributed by atoms with Gasteiger partial charge in [-0.25, -0.2) is 13.1 Å². The fourth-order valence-corrected chi connectivity index (χ4v) is 4.08. The molecule has 0 bridgehead atoms. The topological polar surface area (TPSA) is 75.4 Å². The number of nitrogens with zero attached hydrogens (tertiary/aromatic N) is 2. The van der Waals surface area contributed by atoms with E-state index in [0.717, 1.165) is 36.0 Å². The second-order valence-electron chi connectivity index (χ2n) is 6.42. The number of aromatic nitrogens is 1. The number of fused-ring (bicyclic) bond motifs is 1. The minimum atomic E-state index is -3.22. The van der Waals surface area contributed by atoms with Crippen LogP contribution >= 0.6 is 0 Å². The highest BCUT2D eigenvalue weighted by atomic mass is 32.2. The molecular formula is C16H23N3O3S. The number of benzene rings is 1. The largest absolute Gasteiger partial charge is 0.423 e. The van der Waals surface area contributed by atoms with Crippen LogP contribution in [-0.4, -0.2) is 38.8 Å². The van der Waals surface area contributed by atoms with Gasteiger partial charge in [0.15, 0.2) is 5.58 Å². The Labute approximate surface area is 136 Å². The zero-order valence-corrected chi connectivity index (χ0v) is 14.6. The SMILES string of the molecule is CCCC1CN(c2nc3cc(C)ccc3o2)CC1NS(C)(=O)=O. The Kier molecular flexibility index (Phi) is 4.33. The van der Waals surface area contributed by atoms with E-state index in [-0.39, 0.29) is 12.0 Å². The van der Waals surface area contributed by atoms with Crippen molar-refractivity contribution in [3.63, 3.8) is 0 Å². The Morgan fingerprint density at radius 2 is 2.17 bits per heavy atom.